The molecule has 0 saturated heterocycles. The van der Waals surface area contributed by atoms with Gasteiger partial charge in [0.1, 0.15) is 10.6 Å². The minimum atomic E-state index is -0.546. The van der Waals surface area contributed by atoms with E-state index in [9.17, 15) is 14.4 Å². The number of thiazole rings is 1. The van der Waals surface area contributed by atoms with Crippen LogP contribution in [0.25, 0.3) is 0 Å². The summed E-state index contributed by atoms with van der Waals surface area (Å²) in [4.78, 5) is 49.4. The Kier molecular flexibility index (Phi) is 8.04. The fourth-order valence-electron chi connectivity index (χ4n) is 3.45. The summed E-state index contributed by atoms with van der Waals surface area (Å²) in [6, 6.07) is 13.8. The summed E-state index contributed by atoms with van der Waals surface area (Å²) in [7, 11) is 0. The quantitative estimate of drug-likeness (QED) is 0.336. The van der Waals surface area contributed by atoms with E-state index in [4.69, 9.17) is 21.1 Å². The second kappa shape index (κ2) is 11.4. The van der Waals surface area contributed by atoms with Crippen molar-refractivity contribution in [3.8, 4) is 10.9 Å². The zero-order chi connectivity index (χ0) is 26.5. The van der Waals surface area contributed by atoms with Crippen LogP contribution in [0.4, 0.5) is 5.69 Å². The summed E-state index contributed by atoms with van der Waals surface area (Å²) in [6.07, 6.45) is 0. The number of aryl methyl sites for hydroxylation is 1. The van der Waals surface area contributed by atoms with Crippen molar-refractivity contribution >= 4 is 34.6 Å². The van der Waals surface area contributed by atoms with Crippen LogP contribution in [0.3, 0.4) is 0 Å². The van der Waals surface area contributed by atoms with Crippen LogP contribution in [-0.4, -0.2) is 31.7 Å². The number of ether oxygens (including phenoxy) is 2. The van der Waals surface area contributed by atoms with Crippen molar-refractivity contribution in [1.29, 1.82) is 0 Å². The van der Waals surface area contributed by atoms with Crippen molar-refractivity contribution < 1.29 is 14.3 Å². The minimum absolute atomic E-state index is 0.109. The average molecular weight is 542 g/mol. The van der Waals surface area contributed by atoms with E-state index >= 15 is 0 Å². The molecule has 0 bridgehead atoms. The Balaban J connectivity index is 1.64. The van der Waals surface area contributed by atoms with Gasteiger partial charge in [-0.3, -0.25) is 9.55 Å². The van der Waals surface area contributed by atoms with E-state index in [0.29, 0.717) is 32.2 Å². The predicted octanol–water partition coefficient (Wildman–Crippen LogP) is 4.03. The molecule has 10 nitrogen and oxygen atoms in total. The van der Waals surface area contributed by atoms with Gasteiger partial charge < -0.3 is 9.47 Å². The summed E-state index contributed by atoms with van der Waals surface area (Å²) in [5.74, 6) is 0.0411. The first-order chi connectivity index (χ1) is 17.8. The van der Waals surface area contributed by atoms with Crippen LogP contribution in [0.5, 0.6) is 10.9 Å². The first kappa shape index (κ1) is 26.1. The minimum Gasteiger partial charge on any atom is -0.462 e. The van der Waals surface area contributed by atoms with Crippen LogP contribution in [0.1, 0.15) is 34.8 Å². The highest BCUT2D eigenvalue weighted by Gasteiger charge is 2.17. The van der Waals surface area contributed by atoms with Crippen LogP contribution in [0.15, 0.2) is 63.1 Å². The molecule has 192 valence electrons. The molecule has 12 heteroatoms. The Morgan fingerprint density at radius 2 is 1.78 bits per heavy atom. The number of nitrogens with one attached hydrogen (secondary N) is 1. The third kappa shape index (κ3) is 6.07. The molecule has 0 amide bonds. The van der Waals surface area contributed by atoms with Crippen molar-refractivity contribution in [2.75, 3.05) is 6.61 Å². The topological polar surface area (TPSA) is 121 Å². The molecule has 0 aliphatic heterocycles. The van der Waals surface area contributed by atoms with Crippen LogP contribution in [0.2, 0.25) is 5.02 Å². The summed E-state index contributed by atoms with van der Waals surface area (Å²) in [5.41, 5.74) is 0.928. The number of H-pyrrole nitrogens is 1. The van der Waals surface area contributed by atoms with E-state index in [1.807, 2.05) is 0 Å². The second-order valence-corrected chi connectivity index (χ2v) is 9.21. The highest BCUT2D eigenvalue weighted by Crippen LogP contribution is 2.30. The number of aromatic nitrogens is 4. The van der Waals surface area contributed by atoms with Crippen molar-refractivity contribution in [3.05, 3.63) is 96.3 Å². The van der Waals surface area contributed by atoms with Crippen molar-refractivity contribution in [2.24, 2.45) is 4.99 Å². The number of hydrogen-bond donors (Lipinski definition) is 1. The number of carbonyl (C=O) groups is 1. The molecule has 0 saturated carbocycles. The van der Waals surface area contributed by atoms with Gasteiger partial charge in [-0.05, 0) is 62.7 Å². The Labute approximate surface area is 220 Å². The number of hydrogen-bond acceptors (Lipinski definition) is 8. The number of halogens is 1. The van der Waals surface area contributed by atoms with Crippen LogP contribution in [-0.2, 0) is 17.8 Å². The lowest BCUT2D eigenvalue weighted by Crippen LogP contribution is -2.49. The zero-order valence-corrected chi connectivity index (χ0v) is 21.9. The standard InChI is InChI=1S/C25H24ClN5O5S/c1-4-30-23(33)29-22(31(25(30)34)14-16-6-8-17(26)9-7-16)28-18-10-12-19(13-11-18)36-24-27-15(3)20(37-24)21(32)35-5-2/h6-13H,4-5,14H2,1-3H3,(H,28,29,33). The van der Waals surface area contributed by atoms with Crippen molar-refractivity contribution in [2.45, 2.75) is 33.9 Å². The van der Waals surface area contributed by atoms with Gasteiger partial charge in [0.15, 0.2) is 0 Å². The van der Waals surface area contributed by atoms with Gasteiger partial charge in [0.25, 0.3) is 5.19 Å². The fourth-order valence-corrected chi connectivity index (χ4v) is 4.41. The smallest absolute Gasteiger partial charge is 0.350 e. The summed E-state index contributed by atoms with van der Waals surface area (Å²) in [6.45, 7) is 5.86. The number of rotatable bonds is 8. The van der Waals surface area contributed by atoms with Crippen molar-refractivity contribution in [3.63, 3.8) is 0 Å². The lowest BCUT2D eigenvalue weighted by molar-refractivity contribution is 0.0531. The van der Waals surface area contributed by atoms with Gasteiger partial charge in [0, 0.05) is 11.6 Å². The Morgan fingerprint density at radius 3 is 2.43 bits per heavy atom. The molecule has 0 radical (unpaired) electrons. The van der Waals surface area contributed by atoms with E-state index in [2.05, 4.69) is 15.0 Å². The molecular weight excluding hydrogens is 518 g/mol. The number of aromatic amines is 1. The third-order valence-electron chi connectivity index (χ3n) is 5.27. The van der Waals surface area contributed by atoms with Gasteiger partial charge in [0.05, 0.1) is 24.5 Å². The predicted molar refractivity (Wildman–Crippen MR) is 140 cm³/mol. The zero-order valence-electron chi connectivity index (χ0n) is 20.4. The maximum absolute atomic E-state index is 13.0. The Hall–Kier alpha value is -3.96. The van der Waals surface area contributed by atoms with E-state index < -0.39 is 17.3 Å². The molecule has 1 N–H and O–H groups in total. The molecular formula is C25H24ClN5O5S. The molecule has 4 rings (SSSR count). The monoisotopic (exact) mass is 541 g/mol. The fraction of sp³-hybridized carbons (Fsp3) is 0.240. The first-order valence-corrected chi connectivity index (χ1v) is 12.6. The molecule has 2 aromatic heterocycles. The normalized spacial score (nSPS) is 11.5. The SMILES string of the molecule is CCOC(=O)c1sc(Oc2ccc(/N=c3\[nH]c(=O)n(CC)c(=O)n3Cc3ccc(Cl)cc3)cc2)nc1C. The first-order valence-electron chi connectivity index (χ1n) is 11.4. The maximum Gasteiger partial charge on any atom is 0.350 e. The van der Waals surface area contributed by atoms with Gasteiger partial charge in [-0.1, -0.05) is 35.1 Å². The second-order valence-electron chi connectivity index (χ2n) is 7.82. The molecule has 0 unspecified atom stereocenters. The van der Waals surface area contributed by atoms with Crippen LogP contribution < -0.4 is 21.7 Å². The molecule has 0 aliphatic rings. The summed E-state index contributed by atoms with van der Waals surface area (Å²) >= 11 is 7.08. The van der Waals surface area contributed by atoms with Crippen LogP contribution >= 0.6 is 22.9 Å². The van der Waals surface area contributed by atoms with E-state index in [1.54, 1.807) is 69.3 Å². The van der Waals surface area contributed by atoms with Gasteiger partial charge >= 0.3 is 17.3 Å². The number of carbonyl (C=O) groups excluding carboxylic acids is 1. The van der Waals surface area contributed by atoms with E-state index in [-0.39, 0.29) is 25.3 Å². The van der Waals surface area contributed by atoms with Gasteiger partial charge in [-0.25, -0.2) is 28.9 Å². The average Bonchev–Trinajstić information content (AvgIpc) is 3.24. The number of esters is 1. The molecule has 0 fully saturated rings. The number of benzene rings is 2. The molecule has 2 aromatic carbocycles. The van der Waals surface area contributed by atoms with E-state index in [0.717, 1.165) is 21.5 Å². The molecule has 37 heavy (non-hydrogen) atoms. The highest BCUT2D eigenvalue weighted by atomic mass is 35.5. The maximum atomic E-state index is 13.0. The largest absolute Gasteiger partial charge is 0.462 e. The molecule has 0 atom stereocenters. The lowest BCUT2D eigenvalue weighted by Gasteiger charge is -2.10. The molecule has 0 aliphatic carbocycles. The Bertz CT molecular complexity index is 1600. The highest BCUT2D eigenvalue weighted by molar-refractivity contribution is 7.15. The van der Waals surface area contributed by atoms with Gasteiger partial charge in [0.2, 0.25) is 5.62 Å². The van der Waals surface area contributed by atoms with E-state index in [1.165, 1.54) is 4.57 Å². The molecule has 0 spiro atoms. The molecule has 4 aromatic rings. The summed E-state index contributed by atoms with van der Waals surface area (Å²) in [5, 5.41) is 0.886. The lowest BCUT2D eigenvalue weighted by atomic mass is 10.2. The third-order valence-corrected chi connectivity index (χ3v) is 6.53. The van der Waals surface area contributed by atoms with Crippen LogP contribution in [0, 0.1) is 6.92 Å². The molecule has 2 heterocycles. The van der Waals surface area contributed by atoms with Gasteiger partial charge in [-0.2, -0.15) is 0 Å². The van der Waals surface area contributed by atoms with Gasteiger partial charge in [-0.15, -0.1) is 0 Å². The summed E-state index contributed by atoms with van der Waals surface area (Å²) < 4.78 is 13.3. The number of nitrogens with zero attached hydrogens (tertiary/aromatic N) is 4. The van der Waals surface area contributed by atoms with Crippen molar-refractivity contribution in [1.82, 2.24) is 19.1 Å². The Morgan fingerprint density at radius 1 is 1.08 bits per heavy atom.